The Morgan fingerprint density at radius 2 is 0.587 bits per heavy atom. The van der Waals surface area contributed by atoms with E-state index in [1.807, 2.05) is 48.5 Å². The van der Waals surface area contributed by atoms with Crippen LogP contribution in [0.4, 0.5) is 0 Å². The third-order valence-electron chi connectivity index (χ3n) is 7.68. The normalized spacial score (nSPS) is 10.8. The third kappa shape index (κ3) is 6.50. The van der Waals surface area contributed by atoms with E-state index in [9.17, 15) is 0 Å². The average Bonchev–Trinajstić information content (AvgIpc) is 3.12. The molecule has 6 heteroatoms. The van der Waals surface area contributed by atoms with Gasteiger partial charge in [-0.05, 0) is 66.2 Å². The van der Waals surface area contributed by atoms with Gasteiger partial charge >= 0.3 is 0 Å². The summed E-state index contributed by atoms with van der Waals surface area (Å²) in [7, 11) is 0. The minimum atomic E-state index is 0.610. The van der Waals surface area contributed by atoms with Gasteiger partial charge in [0.2, 0.25) is 0 Å². The molecule has 0 saturated heterocycles. The molecule has 2 aromatic heterocycles. The lowest BCUT2D eigenvalue weighted by molar-refractivity contribution is 1.16. The molecular formula is C40H26Br2N4. The van der Waals surface area contributed by atoms with E-state index < -0.39 is 0 Å². The summed E-state index contributed by atoms with van der Waals surface area (Å²) in [4.78, 5) is 18.0. The van der Waals surface area contributed by atoms with Crippen LogP contribution in [0.1, 0.15) is 0 Å². The fraction of sp³-hybridized carbons (Fsp3) is 0. The van der Waals surface area contributed by atoms with Gasteiger partial charge in [0, 0.05) is 21.9 Å². The van der Waals surface area contributed by atoms with Gasteiger partial charge in [-0.15, -0.1) is 0 Å². The number of aromatic nitrogens is 4. The van der Waals surface area contributed by atoms with Gasteiger partial charge in [-0.1, -0.05) is 146 Å². The van der Waals surface area contributed by atoms with E-state index in [1.165, 1.54) is 22.3 Å². The number of rotatable bonds is 4. The van der Waals surface area contributed by atoms with Crippen LogP contribution in [0.15, 0.2) is 167 Å². The van der Waals surface area contributed by atoms with Gasteiger partial charge in [0.1, 0.15) is 0 Å². The molecule has 0 atom stereocenters. The molecule has 220 valence electrons. The maximum atomic E-state index is 4.58. The SMILES string of the molecule is Brc1nc(-c2ccc(-c3ccccc3)cc2)c2ccccc2n1.Brc1nc(-c2ccc(-c3ccccc3)cc2)c2ccccc2n1. The minimum absolute atomic E-state index is 0.610. The van der Waals surface area contributed by atoms with Gasteiger partial charge in [0.15, 0.2) is 9.47 Å². The summed E-state index contributed by atoms with van der Waals surface area (Å²) in [6.45, 7) is 0. The van der Waals surface area contributed by atoms with Crippen molar-refractivity contribution in [2.45, 2.75) is 0 Å². The third-order valence-corrected chi connectivity index (χ3v) is 8.39. The summed E-state index contributed by atoms with van der Waals surface area (Å²) in [6, 6.07) is 53.9. The predicted molar refractivity (Wildman–Crippen MR) is 196 cm³/mol. The van der Waals surface area contributed by atoms with Gasteiger partial charge in [-0.25, -0.2) is 19.9 Å². The molecule has 46 heavy (non-hydrogen) atoms. The van der Waals surface area contributed by atoms with Crippen molar-refractivity contribution in [1.29, 1.82) is 0 Å². The lowest BCUT2D eigenvalue weighted by Crippen LogP contribution is -1.91. The Kier molecular flexibility index (Phi) is 8.72. The van der Waals surface area contributed by atoms with Crippen molar-refractivity contribution < 1.29 is 0 Å². The van der Waals surface area contributed by atoms with E-state index in [-0.39, 0.29) is 0 Å². The summed E-state index contributed by atoms with van der Waals surface area (Å²) in [5, 5.41) is 2.12. The molecule has 0 amide bonds. The van der Waals surface area contributed by atoms with E-state index in [0.29, 0.717) is 9.47 Å². The zero-order valence-corrected chi connectivity index (χ0v) is 27.7. The fourth-order valence-corrected chi connectivity index (χ4v) is 6.18. The highest BCUT2D eigenvalue weighted by molar-refractivity contribution is 9.10. The maximum Gasteiger partial charge on any atom is 0.197 e. The van der Waals surface area contributed by atoms with Crippen LogP contribution in [0.2, 0.25) is 0 Å². The van der Waals surface area contributed by atoms with Crippen LogP contribution in [0.25, 0.3) is 66.6 Å². The second-order valence-corrected chi connectivity index (χ2v) is 12.0. The van der Waals surface area contributed by atoms with Crippen LogP contribution >= 0.6 is 31.9 Å². The second-order valence-electron chi connectivity index (χ2n) is 10.6. The first-order valence-corrected chi connectivity index (χ1v) is 16.4. The Hall–Kier alpha value is -5.04. The second kappa shape index (κ2) is 13.5. The standard InChI is InChI=1S/2C20H13BrN2/c2*21-20-22-18-9-5-4-8-17(18)19(23-20)16-12-10-15(11-13-16)14-6-2-1-3-7-14/h2*1-13H. The molecule has 8 aromatic rings. The van der Waals surface area contributed by atoms with Crippen LogP contribution < -0.4 is 0 Å². The maximum absolute atomic E-state index is 4.58. The molecule has 0 aliphatic heterocycles. The number of halogens is 2. The van der Waals surface area contributed by atoms with Gasteiger partial charge < -0.3 is 0 Å². The van der Waals surface area contributed by atoms with Crippen molar-refractivity contribution in [1.82, 2.24) is 19.9 Å². The van der Waals surface area contributed by atoms with Crippen molar-refractivity contribution >= 4 is 53.7 Å². The molecule has 4 nitrogen and oxygen atoms in total. The van der Waals surface area contributed by atoms with Crippen LogP contribution in [0.5, 0.6) is 0 Å². The number of benzene rings is 6. The minimum Gasteiger partial charge on any atom is -0.222 e. The molecule has 0 fully saturated rings. The molecule has 0 aliphatic rings. The lowest BCUT2D eigenvalue weighted by atomic mass is 10.0. The molecule has 0 bridgehead atoms. The number of para-hydroxylation sites is 2. The molecule has 0 unspecified atom stereocenters. The first-order valence-electron chi connectivity index (χ1n) is 14.8. The van der Waals surface area contributed by atoms with Crippen LogP contribution in [0, 0.1) is 0 Å². The molecule has 0 radical (unpaired) electrons. The number of hydrogen-bond acceptors (Lipinski definition) is 4. The molecular weight excluding hydrogens is 696 g/mol. The van der Waals surface area contributed by atoms with Crippen molar-refractivity contribution in [3.63, 3.8) is 0 Å². The first-order chi connectivity index (χ1) is 22.6. The summed E-state index contributed by atoms with van der Waals surface area (Å²) in [6.07, 6.45) is 0. The average molecular weight is 722 g/mol. The molecule has 0 aliphatic carbocycles. The Bertz CT molecular complexity index is 2090. The quantitative estimate of drug-likeness (QED) is 0.170. The highest BCUT2D eigenvalue weighted by Gasteiger charge is 2.10. The topological polar surface area (TPSA) is 51.6 Å². The van der Waals surface area contributed by atoms with Crippen molar-refractivity contribution in [3.8, 4) is 44.8 Å². The zero-order chi connectivity index (χ0) is 31.3. The predicted octanol–water partition coefficient (Wildman–Crippen LogP) is 11.5. The largest absolute Gasteiger partial charge is 0.222 e. The first kappa shape index (κ1) is 29.7. The zero-order valence-electron chi connectivity index (χ0n) is 24.6. The number of nitrogens with zero attached hydrogens (tertiary/aromatic N) is 4. The summed E-state index contributed by atoms with van der Waals surface area (Å²) >= 11 is 6.82. The molecule has 2 heterocycles. The lowest BCUT2D eigenvalue weighted by Gasteiger charge is -2.08. The van der Waals surface area contributed by atoms with E-state index in [1.54, 1.807) is 0 Å². The Balaban J connectivity index is 0.000000147. The molecule has 0 spiro atoms. The van der Waals surface area contributed by atoms with Gasteiger partial charge in [-0.3, -0.25) is 0 Å². The smallest absolute Gasteiger partial charge is 0.197 e. The van der Waals surface area contributed by atoms with Gasteiger partial charge in [0.05, 0.1) is 22.4 Å². The van der Waals surface area contributed by atoms with Crippen LogP contribution in [0.3, 0.4) is 0 Å². The van der Waals surface area contributed by atoms with E-state index in [0.717, 1.165) is 44.3 Å². The van der Waals surface area contributed by atoms with Crippen molar-refractivity contribution in [2.75, 3.05) is 0 Å². The summed E-state index contributed by atoms with van der Waals surface area (Å²) in [5.41, 5.74) is 10.8. The molecule has 0 saturated carbocycles. The molecule has 0 N–H and O–H groups in total. The van der Waals surface area contributed by atoms with Crippen molar-refractivity contribution in [2.24, 2.45) is 0 Å². The van der Waals surface area contributed by atoms with Gasteiger partial charge in [0.25, 0.3) is 0 Å². The monoisotopic (exact) mass is 720 g/mol. The highest BCUT2D eigenvalue weighted by atomic mass is 79.9. The van der Waals surface area contributed by atoms with E-state index >= 15 is 0 Å². The number of hydrogen-bond donors (Lipinski definition) is 0. The Morgan fingerprint density at radius 3 is 0.978 bits per heavy atom. The molecule has 6 aromatic carbocycles. The summed E-state index contributed by atoms with van der Waals surface area (Å²) < 4.78 is 1.22. The highest BCUT2D eigenvalue weighted by Crippen LogP contribution is 2.31. The Morgan fingerprint density at radius 1 is 0.283 bits per heavy atom. The van der Waals surface area contributed by atoms with Crippen LogP contribution in [-0.4, -0.2) is 19.9 Å². The number of fused-ring (bicyclic) bond motifs is 2. The summed E-state index contributed by atoms with van der Waals surface area (Å²) in [5.74, 6) is 0. The molecule has 8 rings (SSSR count). The Labute approximate surface area is 284 Å². The fourth-order valence-electron chi connectivity index (χ4n) is 5.44. The van der Waals surface area contributed by atoms with Crippen molar-refractivity contribution in [3.05, 3.63) is 167 Å². The van der Waals surface area contributed by atoms with E-state index in [2.05, 4.69) is 161 Å². The van der Waals surface area contributed by atoms with E-state index in [4.69, 9.17) is 0 Å². The van der Waals surface area contributed by atoms with Crippen LogP contribution in [-0.2, 0) is 0 Å². The van der Waals surface area contributed by atoms with Gasteiger partial charge in [-0.2, -0.15) is 0 Å².